The maximum Gasteiger partial charge on any atom is 0.254 e. The molecule has 0 bridgehead atoms. The Morgan fingerprint density at radius 2 is 1.85 bits per heavy atom. The van der Waals surface area contributed by atoms with Gasteiger partial charge in [0.05, 0.1) is 5.69 Å². The number of halogens is 2. The van der Waals surface area contributed by atoms with Crippen molar-refractivity contribution in [2.45, 2.75) is 24.4 Å². The molecule has 26 heavy (non-hydrogen) atoms. The van der Waals surface area contributed by atoms with Gasteiger partial charge in [0, 0.05) is 47.3 Å². The molecular formula is C18H12F2N4OS. The van der Waals surface area contributed by atoms with Gasteiger partial charge in [-0.1, -0.05) is 0 Å². The van der Waals surface area contributed by atoms with Crippen LogP contribution >= 0.6 is 11.3 Å². The second kappa shape index (κ2) is 5.21. The minimum absolute atomic E-state index is 0.533. The first kappa shape index (κ1) is 15.7. The van der Waals surface area contributed by atoms with E-state index in [2.05, 4.69) is 19.9 Å². The second-order valence-electron chi connectivity index (χ2n) is 6.57. The molecule has 130 valence electrons. The van der Waals surface area contributed by atoms with E-state index in [-0.39, 0.29) is 0 Å². The van der Waals surface area contributed by atoms with Crippen LogP contribution in [0.3, 0.4) is 0 Å². The van der Waals surface area contributed by atoms with Gasteiger partial charge in [0.25, 0.3) is 5.92 Å². The van der Waals surface area contributed by atoms with Crippen LogP contribution in [0.4, 0.5) is 8.78 Å². The van der Waals surface area contributed by atoms with Crippen LogP contribution in [-0.4, -0.2) is 31.0 Å². The SMILES string of the molecule is OC1(c2cc3ccc(-c4cnc5nccnc5c4)nc3s2)CC(F)(F)C1. The molecule has 4 aromatic rings. The maximum absolute atomic E-state index is 13.2. The molecule has 0 aliphatic heterocycles. The zero-order chi connectivity index (χ0) is 17.9. The summed E-state index contributed by atoms with van der Waals surface area (Å²) < 4.78 is 26.4. The molecule has 4 aromatic heterocycles. The summed E-state index contributed by atoms with van der Waals surface area (Å²) in [6.07, 6.45) is 3.80. The third kappa shape index (κ3) is 2.45. The highest BCUT2D eigenvalue weighted by atomic mass is 32.1. The predicted molar refractivity (Wildman–Crippen MR) is 94.0 cm³/mol. The quantitative estimate of drug-likeness (QED) is 0.579. The van der Waals surface area contributed by atoms with E-state index in [9.17, 15) is 13.9 Å². The van der Waals surface area contributed by atoms with Gasteiger partial charge in [-0.05, 0) is 24.3 Å². The fraction of sp³-hybridized carbons (Fsp3) is 0.222. The van der Waals surface area contributed by atoms with Gasteiger partial charge in [-0.3, -0.25) is 4.98 Å². The van der Waals surface area contributed by atoms with Crippen LogP contribution in [0.1, 0.15) is 17.7 Å². The first-order chi connectivity index (χ1) is 12.4. The van der Waals surface area contributed by atoms with Crippen LogP contribution < -0.4 is 0 Å². The van der Waals surface area contributed by atoms with Gasteiger partial charge >= 0.3 is 0 Å². The van der Waals surface area contributed by atoms with Gasteiger partial charge in [-0.2, -0.15) is 0 Å². The molecule has 8 heteroatoms. The second-order valence-corrected chi connectivity index (χ2v) is 7.60. The van der Waals surface area contributed by atoms with Gasteiger partial charge in [-0.15, -0.1) is 11.3 Å². The monoisotopic (exact) mass is 370 g/mol. The molecule has 0 radical (unpaired) electrons. The number of hydrogen-bond donors (Lipinski definition) is 1. The molecular weight excluding hydrogens is 358 g/mol. The largest absolute Gasteiger partial charge is 0.384 e. The lowest BCUT2D eigenvalue weighted by atomic mass is 9.75. The van der Waals surface area contributed by atoms with Crippen LogP contribution in [0.15, 0.2) is 42.9 Å². The van der Waals surface area contributed by atoms with Gasteiger partial charge in [0.15, 0.2) is 5.65 Å². The van der Waals surface area contributed by atoms with Crippen molar-refractivity contribution in [3.8, 4) is 11.3 Å². The van der Waals surface area contributed by atoms with Crippen LogP contribution in [0, 0.1) is 0 Å². The highest BCUT2D eigenvalue weighted by Crippen LogP contribution is 2.53. The number of rotatable bonds is 2. The lowest BCUT2D eigenvalue weighted by Gasteiger charge is -2.42. The fourth-order valence-corrected chi connectivity index (χ4v) is 4.40. The van der Waals surface area contributed by atoms with Crippen LogP contribution in [0.25, 0.3) is 32.6 Å². The summed E-state index contributed by atoms with van der Waals surface area (Å²) in [6.45, 7) is 0. The number of pyridine rings is 2. The van der Waals surface area contributed by atoms with E-state index in [0.717, 1.165) is 10.9 Å². The van der Waals surface area contributed by atoms with Gasteiger partial charge < -0.3 is 5.11 Å². The number of thiophene rings is 1. The molecule has 1 fully saturated rings. The molecule has 0 amide bonds. The van der Waals surface area contributed by atoms with Gasteiger partial charge in [0.1, 0.15) is 15.9 Å². The van der Waals surface area contributed by atoms with Gasteiger partial charge in [0.2, 0.25) is 0 Å². The van der Waals surface area contributed by atoms with Crippen molar-refractivity contribution < 1.29 is 13.9 Å². The van der Waals surface area contributed by atoms with E-state index in [0.29, 0.717) is 26.6 Å². The van der Waals surface area contributed by atoms with Crippen LogP contribution in [0.2, 0.25) is 0 Å². The lowest BCUT2D eigenvalue weighted by Crippen LogP contribution is -2.48. The topological polar surface area (TPSA) is 71.8 Å². The zero-order valence-corrected chi connectivity index (χ0v) is 14.2. The Balaban J connectivity index is 1.55. The van der Waals surface area contributed by atoms with Crippen molar-refractivity contribution in [1.82, 2.24) is 19.9 Å². The Morgan fingerprint density at radius 3 is 2.65 bits per heavy atom. The molecule has 5 nitrogen and oxygen atoms in total. The summed E-state index contributed by atoms with van der Waals surface area (Å²) in [5.74, 6) is -2.79. The maximum atomic E-state index is 13.2. The first-order valence-corrected chi connectivity index (χ1v) is 8.82. The normalized spacial score (nSPS) is 18.1. The lowest BCUT2D eigenvalue weighted by molar-refractivity contribution is -0.208. The summed E-state index contributed by atoms with van der Waals surface area (Å²) >= 11 is 1.25. The first-order valence-electron chi connectivity index (χ1n) is 8.00. The zero-order valence-electron chi connectivity index (χ0n) is 13.4. The molecule has 0 spiro atoms. The number of fused-ring (bicyclic) bond motifs is 2. The Bertz CT molecular complexity index is 1150. The van der Waals surface area contributed by atoms with E-state index in [1.54, 1.807) is 24.7 Å². The van der Waals surface area contributed by atoms with E-state index in [4.69, 9.17) is 0 Å². The number of aromatic nitrogens is 4. The van der Waals surface area contributed by atoms with Crippen molar-refractivity contribution >= 4 is 32.7 Å². The number of hydrogen-bond acceptors (Lipinski definition) is 6. The summed E-state index contributed by atoms with van der Waals surface area (Å²) in [7, 11) is 0. The summed E-state index contributed by atoms with van der Waals surface area (Å²) in [5, 5.41) is 11.2. The third-order valence-electron chi connectivity index (χ3n) is 4.56. The Kier molecular flexibility index (Phi) is 3.14. The third-order valence-corrected chi connectivity index (χ3v) is 5.80. The predicted octanol–water partition coefficient (Wildman–Crippen LogP) is 3.92. The van der Waals surface area contributed by atoms with Gasteiger partial charge in [-0.25, -0.2) is 23.7 Å². The Labute approximate surface area is 150 Å². The van der Waals surface area contributed by atoms with Crippen molar-refractivity contribution in [2.75, 3.05) is 0 Å². The molecule has 0 saturated heterocycles. The molecule has 1 N–H and O–H groups in total. The van der Waals surface area contributed by atoms with Crippen molar-refractivity contribution in [2.24, 2.45) is 0 Å². The van der Waals surface area contributed by atoms with E-state index in [1.165, 1.54) is 11.3 Å². The number of alkyl halides is 2. The average Bonchev–Trinajstić information content (AvgIpc) is 3.03. The molecule has 0 atom stereocenters. The standard InChI is InChI=1S/C18H12F2N4OS/c19-18(20)8-17(25,9-18)14-6-10-1-2-12(24-16(10)26-14)11-5-13-15(23-7-11)22-4-3-21-13/h1-7,25H,8-9H2. The number of aliphatic hydroxyl groups is 1. The fourth-order valence-electron chi connectivity index (χ4n) is 3.28. The Morgan fingerprint density at radius 1 is 1.04 bits per heavy atom. The molecule has 5 rings (SSSR count). The molecule has 1 aliphatic rings. The van der Waals surface area contributed by atoms with Crippen molar-refractivity contribution in [3.05, 3.63) is 47.7 Å². The molecule has 1 aliphatic carbocycles. The Hall–Kier alpha value is -2.58. The van der Waals surface area contributed by atoms with Crippen LogP contribution in [-0.2, 0) is 5.60 Å². The minimum Gasteiger partial charge on any atom is -0.384 e. The van der Waals surface area contributed by atoms with Crippen LogP contribution in [0.5, 0.6) is 0 Å². The average molecular weight is 370 g/mol. The highest BCUT2D eigenvalue weighted by Gasteiger charge is 2.57. The summed E-state index contributed by atoms with van der Waals surface area (Å²) in [4.78, 5) is 18.5. The van der Waals surface area contributed by atoms with E-state index >= 15 is 0 Å². The van der Waals surface area contributed by atoms with E-state index in [1.807, 2.05) is 18.2 Å². The smallest absolute Gasteiger partial charge is 0.254 e. The summed E-state index contributed by atoms with van der Waals surface area (Å²) in [6, 6.07) is 7.32. The van der Waals surface area contributed by atoms with Crippen molar-refractivity contribution in [1.29, 1.82) is 0 Å². The minimum atomic E-state index is -2.79. The van der Waals surface area contributed by atoms with Crippen molar-refractivity contribution in [3.63, 3.8) is 0 Å². The summed E-state index contributed by atoms with van der Waals surface area (Å²) in [5.41, 5.74) is 1.28. The number of nitrogens with zero attached hydrogens (tertiary/aromatic N) is 4. The molecule has 0 aromatic carbocycles. The van der Waals surface area contributed by atoms with E-state index < -0.39 is 24.4 Å². The molecule has 1 saturated carbocycles. The molecule has 4 heterocycles. The highest BCUT2D eigenvalue weighted by molar-refractivity contribution is 7.18. The molecule has 0 unspecified atom stereocenters.